The number of rotatable bonds is 4. The zero-order valence-corrected chi connectivity index (χ0v) is 17.7. The van der Waals surface area contributed by atoms with Crippen molar-refractivity contribution in [3.63, 3.8) is 0 Å². The van der Waals surface area contributed by atoms with Gasteiger partial charge in [-0.05, 0) is 47.5 Å². The van der Waals surface area contributed by atoms with Gasteiger partial charge in [0.15, 0.2) is 5.78 Å². The third-order valence-electron chi connectivity index (χ3n) is 4.68. The van der Waals surface area contributed by atoms with Gasteiger partial charge >= 0.3 is 0 Å². The van der Waals surface area contributed by atoms with E-state index in [0.717, 1.165) is 5.56 Å². The van der Waals surface area contributed by atoms with Gasteiger partial charge < -0.3 is 4.98 Å². The fourth-order valence-electron chi connectivity index (χ4n) is 3.30. The van der Waals surface area contributed by atoms with E-state index in [1.807, 2.05) is 30.3 Å². The van der Waals surface area contributed by atoms with Crippen molar-refractivity contribution >= 4 is 57.6 Å². The summed E-state index contributed by atoms with van der Waals surface area (Å²) >= 11 is 18.4. The molecule has 1 N–H and O–H groups in total. The number of pyridine rings is 1. The molecule has 0 bridgehead atoms. The molecule has 3 aromatic carbocycles. The van der Waals surface area contributed by atoms with E-state index in [9.17, 15) is 9.59 Å². The molecule has 4 rings (SSSR count). The quantitative estimate of drug-likeness (QED) is 0.265. The highest BCUT2D eigenvalue weighted by molar-refractivity contribution is 6.43. The Morgan fingerprint density at radius 2 is 1.67 bits per heavy atom. The van der Waals surface area contributed by atoms with Gasteiger partial charge in [0.05, 0.1) is 15.6 Å². The molecule has 0 saturated carbocycles. The minimum Gasteiger partial charge on any atom is -0.321 e. The van der Waals surface area contributed by atoms with E-state index in [1.165, 1.54) is 6.08 Å². The smallest absolute Gasteiger partial charge is 0.260 e. The van der Waals surface area contributed by atoms with Gasteiger partial charge in [-0.3, -0.25) is 9.59 Å². The fourth-order valence-corrected chi connectivity index (χ4v) is 3.85. The SMILES string of the molecule is O=C(/C=C/c1cccc(Cl)c1Cl)c1c(-c2ccccc2)c2cc(Cl)ccc2[nH]c1=O. The van der Waals surface area contributed by atoms with Crippen molar-refractivity contribution in [2.24, 2.45) is 0 Å². The molecule has 0 unspecified atom stereocenters. The Morgan fingerprint density at radius 3 is 2.43 bits per heavy atom. The first-order valence-electron chi connectivity index (χ1n) is 9.03. The molecule has 0 aliphatic carbocycles. The Kier molecular flexibility index (Phi) is 5.78. The van der Waals surface area contributed by atoms with Crippen molar-refractivity contribution in [2.45, 2.75) is 0 Å². The van der Waals surface area contributed by atoms with Crippen molar-refractivity contribution in [1.29, 1.82) is 0 Å². The van der Waals surface area contributed by atoms with Gasteiger partial charge in [0.1, 0.15) is 0 Å². The molecule has 0 spiro atoms. The summed E-state index contributed by atoms with van der Waals surface area (Å²) in [5.74, 6) is -0.451. The number of carbonyl (C=O) groups is 1. The second-order valence-corrected chi connectivity index (χ2v) is 7.82. The van der Waals surface area contributed by atoms with Gasteiger partial charge in [0.2, 0.25) is 0 Å². The first kappa shape index (κ1) is 20.4. The van der Waals surface area contributed by atoms with E-state index < -0.39 is 11.3 Å². The van der Waals surface area contributed by atoms with Crippen LogP contribution in [0.25, 0.3) is 28.1 Å². The highest BCUT2D eigenvalue weighted by atomic mass is 35.5. The molecule has 4 aromatic rings. The van der Waals surface area contributed by atoms with Crippen molar-refractivity contribution in [3.05, 3.63) is 109 Å². The number of fused-ring (bicyclic) bond motifs is 1. The molecular weight excluding hydrogens is 441 g/mol. The van der Waals surface area contributed by atoms with Crippen molar-refractivity contribution < 1.29 is 4.79 Å². The molecule has 3 nitrogen and oxygen atoms in total. The zero-order chi connectivity index (χ0) is 21.3. The number of benzene rings is 3. The van der Waals surface area contributed by atoms with E-state index in [1.54, 1.807) is 42.5 Å². The number of carbonyl (C=O) groups excluding carboxylic acids is 1. The largest absolute Gasteiger partial charge is 0.321 e. The van der Waals surface area contributed by atoms with Crippen LogP contribution in [0.15, 0.2) is 77.6 Å². The molecule has 30 heavy (non-hydrogen) atoms. The van der Waals surface area contributed by atoms with Gasteiger partial charge in [0.25, 0.3) is 5.56 Å². The lowest BCUT2D eigenvalue weighted by Gasteiger charge is -2.12. The second kappa shape index (κ2) is 8.49. The molecule has 0 atom stereocenters. The van der Waals surface area contributed by atoms with E-state index in [2.05, 4.69) is 4.98 Å². The van der Waals surface area contributed by atoms with Crippen LogP contribution in [0, 0.1) is 0 Å². The van der Waals surface area contributed by atoms with Crippen LogP contribution in [0.2, 0.25) is 15.1 Å². The number of hydrogen-bond acceptors (Lipinski definition) is 2. The number of allylic oxidation sites excluding steroid dienone is 1. The van der Waals surface area contributed by atoms with Gasteiger partial charge in [-0.15, -0.1) is 0 Å². The first-order chi connectivity index (χ1) is 14.5. The molecule has 0 aliphatic rings. The minimum atomic E-state index is -0.476. The van der Waals surface area contributed by atoms with Gasteiger partial charge in [-0.2, -0.15) is 0 Å². The van der Waals surface area contributed by atoms with Crippen LogP contribution >= 0.6 is 34.8 Å². The molecule has 1 heterocycles. The molecular formula is C24H14Cl3NO2. The maximum absolute atomic E-state index is 13.1. The summed E-state index contributed by atoms with van der Waals surface area (Å²) in [5, 5.41) is 1.91. The number of nitrogens with one attached hydrogen (secondary N) is 1. The number of aromatic amines is 1. The van der Waals surface area contributed by atoms with Crippen LogP contribution in [-0.4, -0.2) is 10.8 Å². The summed E-state index contributed by atoms with van der Waals surface area (Å²) in [6, 6.07) is 19.6. The van der Waals surface area contributed by atoms with Crippen molar-refractivity contribution in [3.8, 4) is 11.1 Å². The maximum Gasteiger partial charge on any atom is 0.260 e. The lowest BCUT2D eigenvalue weighted by molar-refractivity contribution is 0.104. The third kappa shape index (κ3) is 3.92. The van der Waals surface area contributed by atoms with Gasteiger partial charge in [0, 0.05) is 21.5 Å². The normalized spacial score (nSPS) is 11.3. The average Bonchev–Trinajstić information content (AvgIpc) is 2.74. The highest BCUT2D eigenvalue weighted by Crippen LogP contribution is 2.32. The molecule has 1 aromatic heterocycles. The third-order valence-corrected chi connectivity index (χ3v) is 5.75. The minimum absolute atomic E-state index is 0.0327. The standard InChI is InChI=1S/C24H14Cl3NO2/c25-16-10-11-19-17(13-16)21(14-5-2-1-3-6-14)22(24(30)28-19)20(29)12-9-15-7-4-8-18(26)23(15)27/h1-13H,(H,28,30)/b12-9+. The molecule has 148 valence electrons. The highest BCUT2D eigenvalue weighted by Gasteiger charge is 2.19. The number of ketones is 1. The Bertz CT molecular complexity index is 1360. The molecule has 0 radical (unpaired) electrons. The van der Waals surface area contributed by atoms with Crippen LogP contribution in [0.5, 0.6) is 0 Å². The van der Waals surface area contributed by atoms with Crippen molar-refractivity contribution in [2.75, 3.05) is 0 Å². The summed E-state index contributed by atoms with van der Waals surface area (Å²) in [7, 11) is 0. The summed E-state index contributed by atoms with van der Waals surface area (Å²) in [6.45, 7) is 0. The second-order valence-electron chi connectivity index (χ2n) is 6.60. The van der Waals surface area contributed by atoms with Crippen LogP contribution in [0.4, 0.5) is 0 Å². The van der Waals surface area contributed by atoms with E-state index in [4.69, 9.17) is 34.8 Å². The molecule has 0 saturated heterocycles. The lowest BCUT2D eigenvalue weighted by atomic mass is 9.94. The average molecular weight is 455 g/mol. The molecule has 0 amide bonds. The molecule has 0 fully saturated rings. The number of halogens is 3. The van der Waals surface area contributed by atoms with E-state index in [0.29, 0.717) is 37.1 Å². The first-order valence-corrected chi connectivity index (χ1v) is 10.2. The van der Waals surface area contributed by atoms with Gasteiger partial charge in [-0.1, -0.05) is 77.3 Å². The van der Waals surface area contributed by atoms with E-state index >= 15 is 0 Å². The summed E-state index contributed by atoms with van der Waals surface area (Å²) < 4.78 is 0. The Hall–Kier alpha value is -2.85. The predicted octanol–water partition coefficient (Wildman–Crippen LogP) is 7.05. The van der Waals surface area contributed by atoms with Gasteiger partial charge in [-0.25, -0.2) is 0 Å². The molecule has 0 aliphatic heterocycles. The van der Waals surface area contributed by atoms with Crippen molar-refractivity contribution in [1.82, 2.24) is 4.98 Å². The Labute approximate surface area is 187 Å². The molecule has 6 heteroatoms. The maximum atomic E-state index is 13.1. The lowest BCUT2D eigenvalue weighted by Crippen LogP contribution is -2.18. The topological polar surface area (TPSA) is 49.9 Å². The monoisotopic (exact) mass is 453 g/mol. The Morgan fingerprint density at radius 1 is 0.900 bits per heavy atom. The Balaban J connectivity index is 1.93. The zero-order valence-electron chi connectivity index (χ0n) is 15.5. The van der Waals surface area contributed by atoms with Crippen LogP contribution in [-0.2, 0) is 0 Å². The summed E-state index contributed by atoms with van der Waals surface area (Å²) in [5.41, 5.74) is 2.01. The number of hydrogen-bond donors (Lipinski definition) is 1. The van der Waals surface area contributed by atoms with Crippen LogP contribution < -0.4 is 5.56 Å². The van der Waals surface area contributed by atoms with Crippen LogP contribution in [0.1, 0.15) is 15.9 Å². The predicted molar refractivity (Wildman–Crippen MR) is 125 cm³/mol. The number of aromatic nitrogens is 1. The van der Waals surface area contributed by atoms with E-state index in [-0.39, 0.29) is 5.56 Å². The fraction of sp³-hybridized carbons (Fsp3) is 0. The van der Waals surface area contributed by atoms with Crippen LogP contribution in [0.3, 0.4) is 0 Å². The number of H-pyrrole nitrogens is 1. The summed E-state index contributed by atoms with van der Waals surface area (Å²) in [6.07, 6.45) is 2.87. The summed E-state index contributed by atoms with van der Waals surface area (Å²) in [4.78, 5) is 28.8.